The van der Waals surface area contributed by atoms with Gasteiger partial charge in [-0.2, -0.15) is 4.99 Å². The molecule has 0 radical (unpaired) electrons. The summed E-state index contributed by atoms with van der Waals surface area (Å²) in [6.45, 7) is 3.00. The quantitative estimate of drug-likeness (QED) is 0.715. The number of fused-ring (bicyclic) bond motifs is 1. The van der Waals surface area contributed by atoms with Crippen LogP contribution in [0.1, 0.15) is 36.1 Å². The van der Waals surface area contributed by atoms with Crippen LogP contribution in [0.4, 0.5) is 5.82 Å². The Labute approximate surface area is 182 Å². The molecule has 2 aromatic rings. The van der Waals surface area contributed by atoms with E-state index in [1.807, 2.05) is 0 Å². The van der Waals surface area contributed by atoms with Crippen LogP contribution in [0.15, 0.2) is 77.5 Å². The highest BCUT2D eigenvalue weighted by molar-refractivity contribution is 5.82. The fourth-order valence-electron chi connectivity index (χ4n) is 4.15. The maximum atomic E-state index is 6.03. The highest BCUT2D eigenvalue weighted by atomic mass is 16.6. The van der Waals surface area contributed by atoms with Crippen LogP contribution in [0.3, 0.4) is 0 Å². The fourth-order valence-corrected chi connectivity index (χ4v) is 4.15. The van der Waals surface area contributed by atoms with Crippen molar-refractivity contribution in [2.75, 3.05) is 13.2 Å². The summed E-state index contributed by atoms with van der Waals surface area (Å²) >= 11 is 0. The molecule has 31 heavy (non-hydrogen) atoms. The lowest BCUT2D eigenvalue weighted by Gasteiger charge is -2.28. The van der Waals surface area contributed by atoms with E-state index in [4.69, 9.17) is 14.5 Å². The maximum Gasteiger partial charge on any atom is 0.234 e. The summed E-state index contributed by atoms with van der Waals surface area (Å²) in [6, 6.07) is 10.5. The van der Waals surface area contributed by atoms with Crippen molar-refractivity contribution < 1.29 is 9.47 Å². The summed E-state index contributed by atoms with van der Waals surface area (Å²) in [4.78, 5) is 16.1. The number of nitrogens with zero attached hydrogens (tertiary/aromatic N) is 4. The summed E-state index contributed by atoms with van der Waals surface area (Å²) in [5.41, 5.74) is 4.81. The van der Waals surface area contributed by atoms with E-state index >= 15 is 0 Å². The first-order chi connectivity index (χ1) is 15.3. The van der Waals surface area contributed by atoms with Crippen molar-refractivity contribution in [1.29, 1.82) is 0 Å². The molecule has 0 bridgehead atoms. The average Bonchev–Trinajstić information content (AvgIpc) is 2.81. The molecule has 0 amide bonds. The number of hydrogen-bond donors (Lipinski definition) is 0. The van der Waals surface area contributed by atoms with Gasteiger partial charge in [0.1, 0.15) is 18.3 Å². The highest BCUT2D eigenvalue weighted by Gasteiger charge is 2.22. The molecule has 0 N–H and O–H groups in total. The average molecular weight is 415 g/mol. The van der Waals surface area contributed by atoms with Crippen molar-refractivity contribution >= 4 is 11.7 Å². The Bertz CT molecular complexity index is 1060. The van der Waals surface area contributed by atoms with Crippen LogP contribution in [0, 0.1) is 0 Å². The lowest BCUT2D eigenvalue weighted by Crippen LogP contribution is -2.31. The van der Waals surface area contributed by atoms with Crippen LogP contribution in [-0.2, 0) is 29.0 Å². The smallest absolute Gasteiger partial charge is 0.234 e. The standard InChI is InChI=1S/C25H26N4O2/c1-3-7-19(8-4-1)13-21-16-30-17-24(31-21)28-25-22-11-12-29(15-23(22)26-18-27-25)14-20-9-5-2-6-10-20/h1-3,5-7,9-10,16,18H,4,8,11-15,17H2. The summed E-state index contributed by atoms with van der Waals surface area (Å²) in [7, 11) is 0. The summed E-state index contributed by atoms with van der Waals surface area (Å²) in [5, 5.41) is 0. The molecule has 1 aliphatic carbocycles. The van der Waals surface area contributed by atoms with Gasteiger partial charge in [-0.15, -0.1) is 0 Å². The third-order valence-electron chi connectivity index (χ3n) is 5.71. The molecule has 0 saturated heterocycles. The number of aromatic nitrogens is 2. The molecule has 1 aromatic heterocycles. The lowest BCUT2D eigenvalue weighted by molar-refractivity contribution is 0.211. The zero-order valence-electron chi connectivity index (χ0n) is 17.5. The van der Waals surface area contributed by atoms with Gasteiger partial charge in [0.05, 0.1) is 5.69 Å². The molecular weight excluding hydrogens is 388 g/mol. The van der Waals surface area contributed by atoms with Crippen LogP contribution in [0.25, 0.3) is 0 Å². The van der Waals surface area contributed by atoms with Crippen molar-refractivity contribution in [2.24, 2.45) is 4.99 Å². The molecule has 6 nitrogen and oxygen atoms in total. The monoisotopic (exact) mass is 414 g/mol. The molecule has 0 unspecified atom stereocenters. The molecule has 1 aromatic carbocycles. The minimum atomic E-state index is 0.321. The van der Waals surface area contributed by atoms with Crippen molar-refractivity contribution in [3.63, 3.8) is 0 Å². The molecular formula is C25H26N4O2. The van der Waals surface area contributed by atoms with Gasteiger partial charge in [0, 0.05) is 31.6 Å². The molecule has 0 atom stereocenters. The zero-order chi connectivity index (χ0) is 20.9. The summed E-state index contributed by atoms with van der Waals surface area (Å²) in [5.74, 6) is 2.05. The third kappa shape index (κ3) is 4.91. The van der Waals surface area contributed by atoms with Gasteiger partial charge in [-0.3, -0.25) is 4.90 Å². The van der Waals surface area contributed by atoms with E-state index in [-0.39, 0.29) is 0 Å². The predicted molar refractivity (Wildman–Crippen MR) is 120 cm³/mol. The molecule has 3 aliphatic rings. The van der Waals surface area contributed by atoms with E-state index in [2.05, 4.69) is 63.4 Å². The molecule has 0 saturated carbocycles. The van der Waals surface area contributed by atoms with E-state index in [1.54, 1.807) is 12.6 Å². The second-order valence-electron chi connectivity index (χ2n) is 8.04. The summed E-state index contributed by atoms with van der Waals surface area (Å²) < 4.78 is 11.7. The van der Waals surface area contributed by atoms with Gasteiger partial charge in [-0.05, 0) is 24.8 Å². The Hall–Kier alpha value is -3.25. The van der Waals surface area contributed by atoms with Crippen LogP contribution in [-0.4, -0.2) is 33.9 Å². The second-order valence-corrected chi connectivity index (χ2v) is 8.04. The van der Waals surface area contributed by atoms with Crippen molar-refractivity contribution in [2.45, 2.75) is 38.8 Å². The Kier molecular flexibility index (Phi) is 5.89. The molecule has 2 aliphatic heterocycles. The van der Waals surface area contributed by atoms with Crippen LogP contribution < -0.4 is 0 Å². The van der Waals surface area contributed by atoms with Crippen molar-refractivity contribution in [1.82, 2.24) is 14.9 Å². The number of hydrogen-bond acceptors (Lipinski definition) is 6. The Balaban J connectivity index is 1.28. The largest absolute Gasteiger partial charge is 0.488 e. The van der Waals surface area contributed by atoms with Gasteiger partial charge in [0.2, 0.25) is 5.90 Å². The third-order valence-corrected chi connectivity index (χ3v) is 5.71. The number of allylic oxidation sites excluding steroid dienone is 4. The van der Waals surface area contributed by atoms with Gasteiger partial charge in [-0.25, -0.2) is 9.97 Å². The highest BCUT2D eigenvalue weighted by Crippen LogP contribution is 2.27. The van der Waals surface area contributed by atoms with Gasteiger partial charge in [0.15, 0.2) is 12.4 Å². The van der Waals surface area contributed by atoms with Crippen molar-refractivity contribution in [3.8, 4) is 0 Å². The maximum absolute atomic E-state index is 6.03. The van der Waals surface area contributed by atoms with E-state index in [9.17, 15) is 0 Å². The molecule has 0 fully saturated rings. The van der Waals surface area contributed by atoms with Crippen LogP contribution >= 0.6 is 0 Å². The van der Waals surface area contributed by atoms with E-state index in [0.717, 1.165) is 62.3 Å². The predicted octanol–water partition coefficient (Wildman–Crippen LogP) is 4.62. The van der Waals surface area contributed by atoms with E-state index < -0.39 is 0 Å². The van der Waals surface area contributed by atoms with E-state index in [0.29, 0.717) is 18.3 Å². The van der Waals surface area contributed by atoms with Crippen LogP contribution in [0.5, 0.6) is 0 Å². The number of ether oxygens (including phenoxy) is 2. The number of aliphatic imine (C=N–C) groups is 1. The van der Waals surface area contributed by atoms with Crippen molar-refractivity contribution in [3.05, 3.63) is 89.3 Å². The van der Waals surface area contributed by atoms with Gasteiger partial charge >= 0.3 is 0 Å². The van der Waals surface area contributed by atoms with Gasteiger partial charge < -0.3 is 9.47 Å². The Morgan fingerprint density at radius 2 is 2.03 bits per heavy atom. The lowest BCUT2D eigenvalue weighted by atomic mass is 10.0. The number of benzene rings is 1. The Morgan fingerprint density at radius 1 is 1.10 bits per heavy atom. The molecule has 158 valence electrons. The molecule has 3 heterocycles. The minimum absolute atomic E-state index is 0.321. The molecule has 5 rings (SSSR count). The van der Waals surface area contributed by atoms with E-state index in [1.165, 1.54) is 11.1 Å². The summed E-state index contributed by atoms with van der Waals surface area (Å²) in [6.07, 6.45) is 13.5. The SMILES string of the molecule is C1=CCCC(CC2=COCC(=Nc3ncnc4c3CCN(Cc3ccccc3)C4)O2)=C1. The Morgan fingerprint density at radius 3 is 2.90 bits per heavy atom. The topological polar surface area (TPSA) is 59.8 Å². The van der Waals surface area contributed by atoms with Crippen LogP contribution in [0.2, 0.25) is 0 Å². The first-order valence-corrected chi connectivity index (χ1v) is 10.8. The first-order valence-electron chi connectivity index (χ1n) is 10.8. The minimum Gasteiger partial charge on any atom is -0.488 e. The second kappa shape index (κ2) is 9.27. The normalized spacial score (nSPS) is 19.8. The zero-order valence-corrected chi connectivity index (χ0v) is 17.5. The number of rotatable bonds is 5. The molecule has 0 spiro atoms. The first kappa shape index (κ1) is 19.7. The van der Waals surface area contributed by atoms with Gasteiger partial charge in [0.25, 0.3) is 0 Å². The molecule has 6 heteroatoms. The van der Waals surface area contributed by atoms with Gasteiger partial charge in [-0.1, -0.05) is 54.1 Å². The fraction of sp³-hybridized carbons (Fsp3) is 0.320.